The van der Waals surface area contributed by atoms with E-state index in [0.29, 0.717) is 0 Å². The average Bonchev–Trinajstić information content (AvgIpc) is 2.28. The molecule has 0 atom stereocenters. The second-order valence-corrected chi connectivity index (χ2v) is 5.88. The lowest BCUT2D eigenvalue weighted by Gasteiger charge is -2.30. The SMILES string of the molecule is Cc1cc(C2(O)CCCCCCC2)cnc1Br. The zero-order valence-corrected chi connectivity index (χ0v) is 12.0. The predicted molar refractivity (Wildman–Crippen MR) is 72.9 cm³/mol. The van der Waals surface area contributed by atoms with E-state index >= 15 is 0 Å². The van der Waals surface area contributed by atoms with Gasteiger partial charge in [-0.1, -0.05) is 32.1 Å². The highest BCUT2D eigenvalue weighted by Gasteiger charge is 2.29. The van der Waals surface area contributed by atoms with Crippen molar-refractivity contribution in [2.45, 2.75) is 57.5 Å². The van der Waals surface area contributed by atoms with Crippen LogP contribution in [0.1, 0.15) is 56.1 Å². The van der Waals surface area contributed by atoms with Crippen LogP contribution in [-0.2, 0) is 5.60 Å². The third-order valence-electron chi connectivity index (χ3n) is 3.73. The largest absolute Gasteiger partial charge is 0.385 e. The van der Waals surface area contributed by atoms with Gasteiger partial charge in [0.25, 0.3) is 0 Å². The number of aromatic nitrogens is 1. The molecule has 2 nitrogen and oxygen atoms in total. The van der Waals surface area contributed by atoms with Gasteiger partial charge in [0.2, 0.25) is 0 Å². The molecule has 0 bridgehead atoms. The Morgan fingerprint density at radius 3 is 2.35 bits per heavy atom. The van der Waals surface area contributed by atoms with Crippen LogP contribution < -0.4 is 0 Å². The molecular formula is C14H20BrNO. The Morgan fingerprint density at radius 1 is 1.18 bits per heavy atom. The standard InChI is InChI=1S/C14H20BrNO/c1-11-9-12(10-16-13(11)15)14(17)7-5-3-2-4-6-8-14/h9-10,17H,2-8H2,1H3. The summed E-state index contributed by atoms with van der Waals surface area (Å²) in [5, 5.41) is 10.8. The Kier molecular flexibility index (Phi) is 4.21. The highest BCUT2D eigenvalue weighted by atomic mass is 79.9. The van der Waals surface area contributed by atoms with Crippen LogP contribution >= 0.6 is 15.9 Å². The van der Waals surface area contributed by atoms with Crippen molar-refractivity contribution in [1.82, 2.24) is 4.98 Å². The lowest BCUT2D eigenvalue weighted by Crippen LogP contribution is -2.27. The van der Waals surface area contributed by atoms with Crippen molar-refractivity contribution < 1.29 is 5.11 Å². The molecular weight excluding hydrogens is 278 g/mol. The van der Waals surface area contributed by atoms with Crippen LogP contribution in [0.25, 0.3) is 0 Å². The van der Waals surface area contributed by atoms with E-state index in [1.807, 2.05) is 13.1 Å². The molecule has 0 spiro atoms. The third kappa shape index (κ3) is 3.08. The van der Waals surface area contributed by atoms with Gasteiger partial charge in [-0.15, -0.1) is 0 Å². The van der Waals surface area contributed by atoms with Crippen LogP contribution in [0, 0.1) is 6.92 Å². The number of aliphatic hydroxyl groups is 1. The Hall–Kier alpha value is -0.410. The molecule has 0 radical (unpaired) electrons. The molecule has 1 aliphatic carbocycles. The summed E-state index contributed by atoms with van der Waals surface area (Å²) in [5.74, 6) is 0. The number of aryl methyl sites for hydroxylation is 1. The van der Waals surface area contributed by atoms with E-state index in [2.05, 4.69) is 27.0 Å². The van der Waals surface area contributed by atoms with Crippen LogP contribution in [0.3, 0.4) is 0 Å². The highest BCUT2D eigenvalue weighted by molar-refractivity contribution is 9.10. The van der Waals surface area contributed by atoms with Gasteiger partial charge in [-0.2, -0.15) is 0 Å². The maximum Gasteiger partial charge on any atom is 0.108 e. The molecule has 0 saturated heterocycles. The smallest absolute Gasteiger partial charge is 0.108 e. The molecule has 0 amide bonds. The fourth-order valence-electron chi connectivity index (χ4n) is 2.59. The molecule has 1 N–H and O–H groups in total. The Bertz CT molecular complexity index is 384. The molecule has 1 aromatic heterocycles. The molecule has 1 saturated carbocycles. The first-order valence-corrected chi connectivity index (χ1v) is 7.26. The van der Waals surface area contributed by atoms with E-state index in [9.17, 15) is 5.11 Å². The fraction of sp³-hybridized carbons (Fsp3) is 0.643. The van der Waals surface area contributed by atoms with Crippen molar-refractivity contribution in [2.24, 2.45) is 0 Å². The van der Waals surface area contributed by atoms with Crippen LogP contribution in [-0.4, -0.2) is 10.1 Å². The van der Waals surface area contributed by atoms with Gasteiger partial charge in [-0.3, -0.25) is 0 Å². The summed E-state index contributed by atoms with van der Waals surface area (Å²) in [6.45, 7) is 2.02. The topological polar surface area (TPSA) is 33.1 Å². The van der Waals surface area contributed by atoms with Gasteiger partial charge in [0.05, 0.1) is 5.60 Å². The van der Waals surface area contributed by atoms with E-state index in [1.165, 1.54) is 19.3 Å². The molecule has 94 valence electrons. The number of rotatable bonds is 1. The van der Waals surface area contributed by atoms with Crippen molar-refractivity contribution in [1.29, 1.82) is 0 Å². The van der Waals surface area contributed by atoms with Gasteiger partial charge < -0.3 is 5.11 Å². The second kappa shape index (κ2) is 5.49. The number of hydrogen-bond donors (Lipinski definition) is 1. The third-order valence-corrected chi connectivity index (χ3v) is 4.56. The second-order valence-electron chi connectivity index (χ2n) is 5.13. The minimum absolute atomic E-state index is 0.654. The highest BCUT2D eigenvalue weighted by Crippen LogP contribution is 2.35. The van der Waals surface area contributed by atoms with Gasteiger partial charge in [0.15, 0.2) is 0 Å². The molecule has 2 rings (SSSR count). The summed E-state index contributed by atoms with van der Waals surface area (Å²) in [5.41, 5.74) is 1.43. The first kappa shape index (κ1) is 13.0. The van der Waals surface area contributed by atoms with E-state index in [0.717, 1.165) is 41.4 Å². The van der Waals surface area contributed by atoms with Gasteiger partial charge >= 0.3 is 0 Å². The van der Waals surface area contributed by atoms with Crippen LogP contribution in [0.4, 0.5) is 0 Å². The first-order chi connectivity index (χ1) is 8.12. The molecule has 1 fully saturated rings. The maximum absolute atomic E-state index is 10.8. The normalized spacial score (nSPS) is 20.6. The van der Waals surface area contributed by atoms with Gasteiger partial charge in [-0.05, 0) is 47.3 Å². The summed E-state index contributed by atoms with van der Waals surface area (Å²) in [6, 6.07) is 2.07. The van der Waals surface area contributed by atoms with Crippen molar-refractivity contribution in [3.63, 3.8) is 0 Å². The van der Waals surface area contributed by atoms with E-state index in [-0.39, 0.29) is 0 Å². The molecule has 1 heterocycles. The number of halogens is 1. The minimum Gasteiger partial charge on any atom is -0.385 e. The van der Waals surface area contributed by atoms with Crippen LogP contribution in [0.5, 0.6) is 0 Å². The fourth-order valence-corrected chi connectivity index (χ4v) is 2.81. The van der Waals surface area contributed by atoms with E-state index < -0.39 is 5.60 Å². The van der Waals surface area contributed by atoms with Gasteiger partial charge in [0.1, 0.15) is 4.60 Å². The van der Waals surface area contributed by atoms with E-state index in [4.69, 9.17) is 0 Å². The van der Waals surface area contributed by atoms with Crippen molar-refractivity contribution >= 4 is 15.9 Å². The summed E-state index contributed by atoms with van der Waals surface area (Å²) < 4.78 is 0.871. The summed E-state index contributed by atoms with van der Waals surface area (Å²) in [4.78, 5) is 4.31. The number of hydrogen-bond acceptors (Lipinski definition) is 2. The number of pyridine rings is 1. The Labute approximate surface area is 112 Å². The number of nitrogens with zero attached hydrogens (tertiary/aromatic N) is 1. The molecule has 0 aliphatic heterocycles. The molecule has 1 aromatic rings. The molecule has 1 aliphatic rings. The molecule has 3 heteroatoms. The first-order valence-electron chi connectivity index (χ1n) is 6.47. The predicted octanol–water partition coefficient (Wildman–Crippen LogP) is 4.08. The molecule has 17 heavy (non-hydrogen) atoms. The molecule has 0 aromatic carbocycles. The zero-order chi connectivity index (χ0) is 12.3. The summed E-state index contributed by atoms with van der Waals surface area (Å²) >= 11 is 3.41. The molecule has 0 unspecified atom stereocenters. The lowest BCUT2D eigenvalue weighted by molar-refractivity contribution is 0.00922. The maximum atomic E-state index is 10.8. The quantitative estimate of drug-likeness (QED) is 0.792. The summed E-state index contributed by atoms with van der Waals surface area (Å²) in [6.07, 6.45) is 9.59. The Morgan fingerprint density at radius 2 is 1.76 bits per heavy atom. The van der Waals surface area contributed by atoms with Crippen LogP contribution in [0.15, 0.2) is 16.9 Å². The van der Waals surface area contributed by atoms with Crippen LogP contribution in [0.2, 0.25) is 0 Å². The summed E-state index contributed by atoms with van der Waals surface area (Å²) in [7, 11) is 0. The van der Waals surface area contributed by atoms with Gasteiger partial charge in [-0.25, -0.2) is 4.98 Å². The zero-order valence-electron chi connectivity index (χ0n) is 10.4. The monoisotopic (exact) mass is 297 g/mol. The van der Waals surface area contributed by atoms with Crippen molar-refractivity contribution in [2.75, 3.05) is 0 Å². The van der Waals surface area contributed by atoms with Crippen molar-refractivity contribution in [3.05, 3.63) is 28.0 Å². The van der Waals surface area contributed by atoms with E-state index in [1.54, 1.807) is 0 Å². The Balaban J connectivity index is 2.24. The average molecular weight is 298 g/mol. The lowest BCUT2D eigenvalue weighted by atomic mass is 9.82. The van der Waals surface area contributed by atoms with Gasteiger partial charge in [0, 0.05) is 11.8 Å². The van der Waals surface area contributed by atoms with Crippen molar-refractivity contribution in [3.8, 4) is 0 Å². The minimum atomic E-state index is -0.654.